The first-order valence-electron chi connectivity index (χ1n) is 7.95. The topological polar surface area (TPSA) is 0 Å². The van der Waals surface area contributed by atoms with Gasteiger partial charge in [-0.25, -0.2) is 0 Å². The Morgan fingerprint density at radius 3 is 2.36 bits per heavy atom. The first kappa shape index (κ1) is 17.3. The first-order chi connectivity index (χ1) is 10.2. The van der Waals surface area contributed by atoms with E-state index in [-0.39, 0.29) is 26.2 Å². The van der Waals surface area contributed by atoms with E-state index in [2.05, 4.69) is 69.3 Å². The Bertz CT molecular complexity index is 747. The van der Waals surface area contributed by atoms with Crippen LogP contribution < -0.4 is 0 Å². The van der Waals surface area contributed by atoms with Gasteiger partial charge in [-0.05, 0) is 24.0 Å². The number of fused-ring (bicyclic) bond motifs is 1. The molecule has 3 rings (SSSR count). The zero-order valence-electron chi connectivity index (χ0n) is 13.7. The molecule has 1 heteroatoms. The largest absolute Gasteiger partial charge is 0.165 e. The van der Waals surface area contributed by atoms with Crippen LogP contribution in [0, 0.1) is 13.8 Å². The molecule has 0 saturated carbocycles. The zero-order chi connectivity index (χ0) is 14.8. The summed E-state index contributed by atoms with van der Waals surface area (Å²) < 4.78 is 0. The molecule has 0 fully saturated rings. The van der Waals surface area contributed by atoms with E-state index < -0.39 is 0 Å². The van der Waals surface area contributed by atoms with Crippen molar-refractivity contribution in [3.05, 3.63) is 65.2 Å². The average Bonchev–Trinajstić information content (AvgIpc) is 2.89. The summed E-state index contributed by atoms with van der Waals surface area (Å²) in [6, 6.07) is 18.2. The van der Waals surface area contributed by atoms with Gasteiger partial charge in [0.05, 0.1) is 0 Å². The van der Waals surface area contributed by atoms with E-state index in [1.54, 1.807) is 0 Å². The summed E-state index contributed by atoms with van der Waals surface area (Å²) in [4.78, 5) is 0. The van der Waals surface area contributed by atoms with Crippen molar-refractivity contribution in [1.29, 1.82) is 0 Å². The van der Waals surface area contributed by atoms with Crippen LogP contribution in [-0.2, 0) is 32.6 Å². The summed E-state index contributed by atoms with van der Waals surface area (Å²) in [7, 11) is 0. The Labute approximate surface area is 153 Å². The minimum absolute atomic E-state index is 0. The van der Waals surface area contributed by atoms with Gasteiger partial charge in [0.2, 0.25) is 0 Å². The molecule has 0 N–H and O–H groups in total. The molecular formula is C21H23Zr-. The van der Waals surface area contributed by atoms with Crippen LogP contribution in [-0.4, -0.2) is 0 Å². The Kier molecular flexibility index (Phi) is 5.87. The number of aryl methyl sites for hydroxylation is 3. The summed E-state index contributed by atoms with van der Waals surface area (Å²) in [5, 5.41) is 2.77. The normalized spacial score (nSPS) is 10.7. The van der Waals surface area contributed by atoms with Gasteiger partial charge < -0.3 is 0 Å². The molecule has 0 aliphatic carbocycles. The van der Waals surface area contributed by atoms with Crippen molar-refractivity contribution < 1.29 is 26.2 Å². The van der Waals surface area contributed by atoms with E-state index in [1.807, 2.05) is 0 Å². The fourth-order valence-corrected chi connectivity index (χ4v) is 3.07. The van der Waals surface area contributed by atoms with Crippen LogP contribution >= 0.6 is 0 Å². The molecular weight excluding hydrogens is 343 g/mol. The van der Waals surface area contributed by atoms with E-state index in [0.29, 0.717) is 0 Å². The Hall–Kier alpha value is -1.07. The molecule has 0 bridgehead atoms. The molecule has 3 aromatic carbocycles. The second-order valence-corrected chi connectivity index (χ2v) is 6.09. The smallest absolute Gasteiger partial charge is 0 e. The van der Waals surface area contributed by atoms with Gasteiger partial charge in [-0.3, -0.25) is 0 Å². The second-order valence-electron chi connectivity index (χ2n) is 6.09. The third-order valence-corrected chi connectivity index (χ3v) is 4.33. The van der Waals surface area contributed by atoms with Gasteiger partial charge in [-0.1, -0.05) is 63.1 Å². The van der Waals surface area contributed by atoms with Crippen LogP contribution in [0.2, 0.25) is 0 Å². The van der Waals surface area contributed by atoms with Crippen molar-refractivity contribution in [3.63, 3.8) is 0 Å². The summed E-state index contributed by atoms with van der Waals surface area (Å²) in [5.41, 5.74) is 6.83. The van der Waals surface area contributed by atoms with Gasteiger partial charge in [0.1, 0.15) is 0 Å². The molecule has 0 amide bonds. The van der Waals surface area contributed by atoms with E-state index in [4.69, 9.17) is 0 Å². The van der Waals surface area contributed by atoms with Crippen molar-refractivity contribution in [1.82, 2.24) is 0 Å². The van der Waals surface area contributed by atoms with Crippen LogP contribution in [0.5, 0.6) is 0 Å². The molecule has 0 aliphatic heterocycles. The monoisotopic (exact) mass is 365 g/mol. The maximum Gasteiger partial charge on any atom is 0 e. The predicted octanol–water partition coefficient (Wildman–Crippen LogP) is 6.18. The SMILES string of the molecule is CCCCc1ccc(-c2ccc(C)c3[cH-]c(C)cc23)cc1.[Zr]. The van der Waals surface area contributed by atoms with Gasteiger partial charge in [-0.15, -0.1) is 34.0 Å². The molecule has 0 saturated heterocycles. The molecule has 0 atom stereocenters. The summed E-state index contributed by atoms with van der Waals surface area (Å²) in [6.45, 7) is 6.62. The van der Waals surface area contributed by atoms with Crippen molar-refractivity contribution in [2.75, 3.05) is 0 Å². The van der Waals surface area contributed by atoms with Crippen molar-refractivity contribution in [3.8, 4) is 11.1 Å². The van der Waals surface area contributed by atoms with Crippen LogP contribution in [0.15, 0.2) is 48.5 Å². The minimum Gasteiger partial charge on any atom is -0.165 e. The van der Waals surface area contributed by atoms with Gasteiger partial charge >= 0.3 is 0 Å². The number of rotatable bonds is 4. The number of unbranched alkanes of at least 4 members (excludes halogenated alkanes) is 1. The average molecular weight is 367 g/mol. The maximum absolute atomic E-state index is 2.31. The number of hydrogen-bond acceptors (Lipinski definition) is 0. The Morgan fingerprint density at radius 2 is 1.68 bits per heavy atom. The van der Waals surface area contributed by atoms with E-state index in [1.165, 1.54) is 57.9 Å². The quantitative estimate of drug-likeness (QED) is 0.483. The van der Waals surface area contributed by atoms with Crippen molar-refractivity contribution in [2.45, 2.75) is 40.0 Å². The summed E-state index contributed by atoms with van der Waals surface area (Å²) in [6.07, 6.45) is 3.72. The third-order valence-electron chi connectivity index (χ3n) is 4.33. The fourth-order valence-electron chi connectivity index (χ4n) is 3.07. The molecule has 0 radical (unpaired) electrons. The van der Waals surface area contributed by atoms with Crippen molar-refractivity contribution >= 4 is 10.8 Å². The zero-order valence-corrected chi connectivity index (χ0v) is 16.2. The second kappa shape index (κ2) is 7.47. The van der Waals surface area contributed by atoms with Crippen LogP contribution in [0.1, 0.15) is 36.5 Å². The molecule has 0 spiro atoms. The molecule has 0 aliphatic rings. The Balaban J connectivity index is 0.00000176. The maximum atomic E-state index is 2.31. The van der Waals surface area contributed by atoms with Gasteiger partial charge in [-0.2, -0.15) is 6.07 Å². The first-order valence-corrected chi connectivity index (χ1v) is 7.95. The molecule has 0 heterocycles. The summed E-state index contributed by atoms with van der Waals surface area (Å²) in [5.74, 6) is 0. The summed E-state index contributed by atoms with van der Waals surface area (Å²) >= 11 is 0. The number of hydrogen-bond donors (Lipinski definition) is 0. The van der Waals surface area contributed by atoms with E-state index >= 15 is 0 Å². The van der Waals surface area contributed by atoms with Crippen LogP contribution in [0.25, 0.3) is 21.9 Å². The van der Waals surface area contributed by atoms with Gasteiger partial charge in [0.15, 0.2) is 0 Å². The van der Waals surface area contributed by atoms with E-state index in [0.717, 1.165) is 0 Å². The van der Waals surface area contributed by atoms with Crippen LogP contribution in [0.3, 0.4) is 0 Å². The standard InChI is InChI=1S/C21H23.Zr/c1-4-5-6-17-8-10-18(11-9-17)19-12-7-16(3)20-13-15(2)14-21(19)20;/h7-14H,4-6H2,1-3H3;/q-1;. The molecule has 3 aromatic rings. The van der Waals surface area contributed by atoms with Gasteiger partial charge in [0, 0.05) is 26.2 Å². The number of benzene rings is 2. The molecule has 0 unspecified atom stereocenters. The van der Waals surface area contributed by atoms with E-state index in [9.17, 15) is 0 Å². The van der Waals surface area contributed by atoms with Crippen molar-refractivity contribution in [2.24, 2.45) is 0 Å². The molecule has 0 aromatic heterocycles. The van der Waals surface area contributed by atoms with Gasteiger partial charge in [0.25, 0.3) is 0 Å². The molecule has 22 heavy (non-hydrogen) atoms. The third kappa shape index (κ3) is 3.46. The Morgan fingerprint density at radius 1 is 0.955 bits per heavy atom. The fraction of sp³-hybridized carbons (Fsp3) is 0.286. The predicted molar refractivity (Wildman–Crippen MR) is 93.1 cm³/mol. The molecule has 0 nitrogen and oxygen atoms in total. The minimum atomic E-state index is 0. The van der Waals surface area contributed by atoms with Crippen LogP contribution in [0.4, 0.5) is 0 Å². The molecule has 112 valence electrons.